The van der Waals surface area contributed by atoms with E-state index < -0.39 is 6.10 Å². The minimum Gasteiger partial charge on any atom is -0.474 e. The maximum Gasteiger partial charge on any atom is 0.273 e. The number of nitrogens with two attached hydrogens (primary N) is 1. The highest BCUT2D eigenvalue weighted by Crippen LogP contribution is 2.39. The number of carbonyl (C=O) groups is 1. The van der Waals surface area contributed by atoms with Gasteiger partial charge in [0.25, 0.3) is 5.91 Å². The van der Waals surface area contributed by atoms with Crippen LogP contribution in [0.4, 0.5) is 5.69 Å². The molecule has 0 spiro atoms. The van der Waals surface area contributed by atoms with Crippen LogP contribution in [0, 0.1) is 12.3 Å². The number of hydrogen-bond donors (Lipinski definition) is 1. The first kappa shape index (κ1) is 14.2. The van der Waals surface area contributed by atoms with Crippen LogP contribution in [0.25, 0.3) is 0 Å². The zero-order chi connectivity index (χ0) is 15.5. The molecule has 4 nitrogen and oxygen atoms in total. The number of terminal acetylenes is 1. The van der Waals surface area contributed by atoms with Gasteiger partial charge in [0.05, 0.1) is 12.2 Å². The number of nitrogens with zero attached hydrogens (tertiary/aromatic N) is 1. The average Bonchev–Trinajstić information content (AvgIpc) is 2.57. The Morgan fingerprint density at radius 2 is 2.00 bits per heavy atom. The van der Waals surface area contributed by atoms with E-state index in [1.54, 1.807) is 4.90 Å². The van der Waals surface area contributed by atoms with Crippen LogP contribution in [-0.4, -0.2) is 12.5 Å². The average molecular weight is 292 g/mol. The Kier molecular flexibility index (Phi) is 3.82. The molecule has 0 aliphatic carbocycles. The van der Waals surface area contributed by atoms with Crippen molar-refractivity contribution in [2.75, 3.05) is 11.4 Å². The third kappa shape index (κ3) is 2.43. The van der Waals surface area contributed by atoms with E-state index in [9.17, 15) is 4.79 Å². The molecule has 1 aliphatic heterocycles. The van der Waals surface area contributed by atoms with Gasteiger partial charge in [-0.3, -0.25) is 9.69 Å². The third-order valence-electron chi connectivity index (χ3n) is 3.64. The van der Waals surface area contributed by atoms with Crippen LogP contribution >= 0.6 is 0 Å². The van der Waals surface area contributed by atoms with Crippen molar-refractivity contribution in [3.8, 4) is 18.1 Å². The predicted molar refractivity (Wildman–Crippen MR) is 85.3 cm³/mol. The molecular formula is C18H16N2O2. The molecule has 110 valence electrons. The number of rotatable bonds is 3. The lowest BCUT2D eigenvalue weighted by Gasteiger charge is -2.33. The molecule has 0 saturated carbocycles. The molecule has 1 atom stereocenters. The third-order valence-corrected chi connectivity index (χ3v) is 3.64. The maximum atomic E-state index is 12.8. The first-order valence-electron chi connectivity index (χ1n) is 7.04. The zero-order valence-corrected chi connectivity index (χ0v) is 12.0. The fourth-order valence-corrected chi connectivity index (χ4v) is 2.53. The largest absolute Gasteiger partial charge is 0.474 e. The first-order chi connectivity index (χ1) is 10.7. The second-order valence-corrected chi connectivity index (χ2v) is 5.04. The normalized spacial score (nSPS) is 16.6. The molecule has 4 heteroatoms. The Bertz CT molecular complexity index is 734. The van der Waals surface area contributed by atoms with Crippen molar-refractivity contribution >= 4 is 11.6 Å². The van der Waals surface area contributed by atoms with Gasteiger partial charge >= 0.3 is 0 Å². The minimum absolute atomic E-state index is 0.161. The highest BCUT2D eigenvalue weighted by Gasteiger charge is 2.35. The van der Waals surface area contributed by atoms with Gasteiger partial charge in [-0.25, -0.2) is 0 Å². The van der Waals surface area contributed by atoms with E-state index in [1.807, 2.05) is 48.5 Å². The minimum atomic E-state index is -0.675. The molecule has 0 fully saturated rings. The molecule has 2 aromatic carbocycles. The summed E-state index contributed by atoms with van der Waals surface area (Å²) < 4.78 is 5.91. The van der Waals surface area contributed by atoms with Crippen LogP contribution in [0.15, 0.2) is 48.5 Å². The van der Waals surface area contributed by atoms with Crippen LogP contribution < -0.4 is 15.4 Å². The number of ether oxygens (including phenoxy) is 1. The van der Waals surface area contributed by atoms with E-state index in [4.69, 9.17) is 16.9 Å². The molecule has 3 rings (SSSR count). The second kappa shape index (κ2) is 5.92. The molecule has 0 bridgehead atoms. The van der Waals surface area contributed by atoms with Gasteiger partial charge in [-0.15, -0.1) is 6.42 Å². The van der Waals surface area contributed by atoms with Gasteiger partial charge in [0.1, 0.15) is 5.75 Å². The number of carbonyl (C=O) groups excluding carboxylic acids is 1. The summed E-state index contributed by atoms with van der Waals surface area (Å²) in [4.78, 5) is 14.3. The zero-order valence-electron chi connectivity index (χ0n) is 12.0. The molecule has 0 aromatic heterocycles. The highest BCUT2D eigenvalue weighted by molar-refractivity contribution is 6.01. The van der Waals surface area contributed by atoms with E-state index in [2.05, 4.69) is 5.92 Å². The van der Waals surface area contributed by atoms with Gasteiger partial charge in [0, 0.05) is 12.1 Å². The fourth-order valence-electron chi connectivity index (χ4n) is 2.53. The molecule has 0 radical (unpaired) electrons. The highest BCUT2D eigenvalue weighted by atomic mass is 16.5. The lowest BCUT2D eigenvalue weighted by atomic mass is 10.0. The summed E-state index contributed by atoms with van der Waals surface area (Å²) in [6.07, 6.45) is 4.75. The van der Waals surface area contributed by atoms with Crippen LogP contribution in [-0.2, 0) is 11.3 Å². The molecule has 2 aromatic rings. The van der Waals surface area contributed by atoms with Crippen molar-refractivity contribution < 1.29 is 9.53 Å². The van der Waals surface area contributed by atoms with Crippen LogP contribution in [0.2, 0.25) is 0 Å². The van der Waals surface area contributed by atoms with Crippen molar-refractivity contribution in [1.82, 2.24) is 0 Å². The number of hydrogen-bond acceptors (Lipinski definition) is 3. The molecule has 0 saturated heterocycles. The molecule has 22 heavy (non-hydrogen) atoms. The summed E-state index contributed by atoms with van der Waals surface area (Å²) in [7, 11) is 0. The van der Waals surface area contributed by atoms with Crippen molar-refractivity contribution in [2.24, 2.45) is 5.73 Å². The van der Waals surface area contributed by atoms with Crippen molar-refractivity contribution in [3.05, 3.63) is 59.7 Å². The Labute approximate surface area is 129 Å². The quantitative estimate of drug-likeness (QED) is 0.883. The standard InChI is InChI=1S/C18H16N2O2/c1-2-10-20-15-11-13(12-19)8-9-16(15)22-17(18(20)21)14-6-4-3-5-7-14/h1,3-9,11,17H,10,12,19H2. The summed E-state index contributed by atoms with van der Waals surface area (Å²) in [6.45, 7) is 0.597. The van der Waals surface area contributed by atoms with Gasteiger partial charge in [0.15, 0.2) is 0 Å². The Morgan fingerprint density at radius 1 is 1.23 bits per heavy atom. The van der Waals surface area contributed by atoms with Gasteiger partial charge < -0.3 is 10.5 Å². The number of anilines is 1. The fraction of sp³-hybridized carbons (Fsp3) is 0.167. The SMILES string of the molecule is C#CCN1C(=O)C(c2ccccc2)Oc2ccc(CN)cc21. The summed E-state index contributed by atoms with van der Waals surface area (Å²) >= 11 is 0. The summed E-state index contributed by atoms with van der Waals surface area (Å²) in [6, 6.07) is 15.0. The molecule has 1 heterocycles. The summed E-state index contributed by atoms with van der Waals surface area (Å²) in [5.41, 5.74) is 8.08. The first-order valence-corrected chi connectivity index (χ1v) is 7.04. The van der Waals surface area contributed by atoms with Crippen LogP contribution in [0.1, 0.15) is 17.2 Å². The summed E-state index contributed by atoms with van der Waals surface area (Å²) in [5, 5.41) is 0. The number of fused-ring (bicyclic) bond motifs is 1. The van der Waals surface area contributed by atoms with E-state index in [1.165, 1.54) is 0 Å². The maximum absolute atomic E-state index is 12.8. The molecule has 2 N–H and O–H groups in total. The summed E-state index contributed by atoms with van der Waals surface area (Å²) in [5.74, 6) is 3.01. The van der Waals surface area contributed by atoms with Gasteiger partial charge in [-0.1, -0.05) is 42.3 Å². The molecule has 1 aliphatic rings. The molecule has 1 amide bonds. The number of amides is 1. The van der Waals surface area contributed by atoms with E-state index in [-0.39, 0.29) is 12.5 Å². The Morgan fingerprint density at radius 3 is 2.68 bits per heavy atom. The van der Waals surface area contributed by atoms with Crippen LogP contribution in [0.3, 0.4) is 0 Å². The Balaban J connectivity index is 2.06. The number of benzene rings is 2. The lowest BCUT2D eigenvalue weighted by molar-refractivity contribution is -0.126. The Hall–Kier alpha value is -2.77. The van der Waals surface area contributed by atoms with Crippen molar-refractivity contribution in [3.63, 3.8) is 0 Å². The molecule has 1 unspecified atom stereocenters. The van der Waals surface area contributed by atoms with Crippen molar-refractivity contribution in [2.45, 2.75) is 12.6 Å². The van der Waals surface area contributed by atoms with E-state index in [0.717, 1.165) is 11.1 Å². The van der Waals surface area contributed by atoms with Gasteiger partial charge in [0.2, 0.25) is 6.10 Å². The lowest BCUT2D eigenvalue weighted by Crippen LogP contribution is -2.41. The second-order valence-electron chi connectivity index (χ2n) is 5.04. The smallest absolute Gasteiger partial charge is 0.273 e. The predicted octanol–water partition coefficient (Wildman–Crippen LogP) is 2.25. The van der Waals surface area contributed by atoms with Gasteiger partial charge in [-0.2, -0.15) is 0 Å². The van der Waals surface area contributed by atoms with Crippen molar-refractivity contribution in [1.29, 1.82) is 0 Å². The molecular weight excluding hydrogens is 276 g/mol. The van der Waals surface area contributed by atoms with E-state index >= 15 is 0 Å². The topological polar surface area (TPSA) is 55.6 Å². The van der Waals surface area contributed by atoms with E-state index in [0.29, 0.717) is 18.0 Å². The van der Waals surface area contributed by atoms with Crippen LogP contribution in [0.5, 0.6) is 5.75 Å². The van der Waals surface area contributed by atoms with Gasteiger partial charge in [-0.05, 0) is 17.7 Å². The monoisotopic (exact) mass is 292 g/mol.